The van der Waals surface area contributed by atoms with Gasteiger partial charge < -0.3 is 21.3 Å². The normalized spacial score (nSPS) is 20.8. The van der Waals surface area contributed by atoms with E-state index in [1.807, 2.05) is 7.05 Å². The number of carbonyl (C=O) groups is 1. The Morgan fingerprint density at radius 3 is 2.61 bits per heavy atom. The third-order valence-electron chi connectivity index (χ3n) is 6.75. The van der Waals surface area contributed by atoms with Crippen LogP contribution >= 0.6 is 24.0 Å². The maximum absolute atomic E-state index is 11.6. The van der Waals surface area contributed by atoms with Gasteiger partial charge in [0.1, 0.15) is 0 Å². The molecule has 2 fully saturated rings. The molecule has 2 aliphatic heterocycles. The minimum atomic E-state index is -0.168. The minimum Gasteiger partial charge on any atom is -0.369 e. The van der Waals surface area contributed by atoms with Crippen molar-refractivity contribution >= 4 is 35.8 Å². The molecule has 0 aromatic heterocycles. The second-order valence-electron chi connectivity index (χ2n) is 9.34. The molecule has 4 N–H and O–H groups in total. The first-order valence-corrected chi connectivity index (χ1v) is 12.4. The molecular weight excluding hydrogens is 527 g/mol. The number of hydrogen-bond donors (Lipinski definition) is 3. The summed E-state index contributed by atoms with van der Waals surface area (Å²) in [6.07, 6.45) is 6.85. The Hall–Kier alpha value is -1.39. The average molecular weight is 571 g/mol. The van der Waals surface area contributed by atoms with Crippen LogP contribution in [0.4, 0.5) is 0 Å². The first kappa shape index (κ1) is 27.9. The Labute approximate surface area is 217 Å². The van der Waals surface area contributed by atoms with Gasteiger partial charge in [-0.25, -0.2) is 0 Å². The number of rotatable bonds is 9. The number of nitrogens with two attached hydrogens (primary N) is 1. The zero-order valence-corrected chi connectivity index (χ0v) is 22.7. The molecular formula is C25H43IN6O. The first-order chi connectivity index (χ1) is 15.6. The molecule has 1 unspecified atom stereocenters. The highest BCUT2D eigenvalue weighted by Gasteiger charge is 2.24. The van der Waals surface area contributed by atoms with E-state index in [1.54, 1.807) is 0 Å². The zero-order chi connectivity index (χ0) is 22.8. The van der Waals surface area contributed by atoms with E-state index in [1.165, 1.54) is 56.4 Å². The highest BCUT2D eigenvalue weighted by molar-refractivity contribution is 14.0. The summed E-state index contributed by atoms with van der Waals surface area (Å²) in [5.41, 5.74) is 8.04. The van der Waals surface area contributed by atoms with Crippen LogP contribution in [0.15, 0.2) is 29.3 Å². The summed E-state index contributed by atoms with van der Waals surface area (Å²) in [5.74, 6) is 0.697. The number of nitrogens with zero attached hydrogens (tertiary/aromatic N) is 3. The maximum atomic E-state index is 11.6. The maximum Gasteiger partial charge on any atom is 0.221 e. The van der Waals surface area contributed by atoms with Crippen molar-refractivity contribution in [3.8, 4) is 0 Å². The van der Waals surface area contributed by atoms with Gasteiger partial charge in [-0.3, -0.25) is 14.7 Å². The number of unbranched alkanes of at least 4 members (excludes halogenated alkanes) is 1. The van der Waals surface area contributed by atoms with E-state index in [0.29, 0.717) is 6.04 Å². The first-order valence-electron chi connectivity index (χ1n) is 12.4. The number of benzene rings is 1. The number of nitrogens with one attached hydrogen (secondary N) is 2. The molecule has 3 rings (SSSR count). The number of halogens is 1. The van der Waals surface area contributed by atoms with Gasteiger partial charge in [0.05, 0.1) is 5.92 Å². The minimum absolute atomic E-state index is 0. The third kappa shape index (κ3) is 9.41. The van der Waals surface area contributed by atoms with E-state index >= 15 is 0 Å². The third-order valence-corrected chi connectivity index (χ3v) is 6.75. The standard InChI is InChI=1S/C25H42N6O.HI/c1-3-4-12-30-14-10-23(11-15-30)29-25(27-2)28-17-20-7-5-8-21(16-20)18-31-13-6-9-22(19-31)24(26)32;/h5,7-8,16,22-23H,3-4,6,9-15,17-19H2,1-2H3,(H2,26,32)(H2,27,28,29);1H. The topological polar surface area (TPSA) is 86.0 Å². The van der Waals surface area contributed by atoms with E-state index in [0.717, 1.165) is 45.0 Å². The molecule has 0 radical (unpaired) electrons. The van der Waals surface area contributed by atoms with Crippen LogP contribution in [0.5, 0.6) is 0 Å². The lowest BCUT2D eigenvalue weighted by atomic mass is 9.97. The fraction of sp³-hybridized carbons (Fsp3) is 0.680. The van der Waals surface area contributed by atoms with Crippen molar-refractivity contribution in [2.45, 2.75) is 64.6 Å². The summed E-state index contributed by atoms with van der Waals surface area (Å²) in [7, 11) is 1.84. The van der Waals surface area contributed by atoms with E-state index in [9.17, 15) is 4.79 Å². The van der Waals surface area contributed by atoms with Crippen molar-refractivity contribution in [1.82, 2.24) is 20.4 Å². The van der Waals surface area contributed by atoms with Crippen LogP contribution < -0.4 is 16.4 Å². The molecule has 8 heteroatoms. The summed E-state index contributed by atoms with van der Waals surface area (Å²) in [6, 6.07) is 9.17. The highest BCUT2D eigenvalue weighted by atomic mass is 127. The summed E-state index contributed by atoms with van der Waals surface area (Å²) in [4.78, 5) is 20.9. The SMILES string of the molecule is CCCCN1CCC(NC(=NC)NCc2cccc(CN3CCCC(C(N)=O)C3)c2)CC1.I. The number of guanidine groups is 1. The molecule has 7 nitrogen and oxygen atoms in total. The van der Waals surface area contributed by atoms with Gasteiger partial charge in [0.2, 0.25) is 5.91 Å². The van der Waals surface area contributed by atoms with Gasteiger partial charge in [-0.1, -0.05) is 37.6 Å². The van der Waals surface area contributed by atoms with E-state index in [4.69, 9.17) is 5.73 Å². The zero-order valence-electron chi connectivity index (χ0n) is 20.4. The molecule has 1 atom stereocenters. The van der Waals surface area contributed by atoms with Crippen LogP contribution in [-0.4, -0.2) is 67.5 Å². The van der Waals surface area contributed by atoms with E-state index in [-0.39, 0.29) is 35.8 Å². The lowest BCUT2D eigenvalue weighted by molar-refractivity contribution is -0.123. The number of hydrogen-bond acceptors (Lipinski definition) is 4. The van der Waals surface area contributed by atoms with Gasteiger partial charge in [0, 0.05) is 45.8 Å². The van der Waals surface area contributed by atoms with Crippen LogP contribution in [0, 0.1) is 5.92 Å². The van der Waals surface area contributed by atoms with Crippen molar-refractivity contribution in [2.75, 3.05) is 39.8 Å². The molecule has 0 bridgehead atoms. The predicted molar refractivity (Wildman–Crippen MR) is 147 cm³/mol. The molecule has 1 aromatic carbocycles. The summed E-state index contributed by atoms with van der Waals surface area (Å²) >= 11 is 0. The van der Waals surface area contributed by atoms with Crippen molar-refractivity contribution in [2.24, 2.45) is 16.6 Å². The average Bonchev–Trinajstić information content (AvgIpc) is 2.81. The van der Waals surface area contributed by atoms with Gasteiger partial charge in [0.15, 0.2) is 5.96 Å². The fourth-order valence-electron chi connectivity index (χ4n) is 4.78. The van der Waals surface area contributed by atoms with Crippen molar-refractivity contribution in [3.63, 3.8) is 0 Å². The second kappa shape index (κ2) is 14.8. The van der Waals surface area contributed by atoms with Crippen molar-refractivity contribution < 1.29 is 4.79 Å². The molecule has 2 aliphatic rings. The molecule has 1 amide bonds. The van der Waals surface area contributed by atoms with Crippen molar-refractivity contribution in [3.05, 3.63) is 35.4 Å². The van der Waals surface area contributed by atoms with Gasteiger partial charge in [0.25, 0.3) is 0 Å². The molecule has 2 saturated heterocycles. The molecule has 186 valence electrons. The Balaban J connectivity index is 0.00000385. The Bertz CT molecular complexity index is 750. The highest BCUT2D eigenvalue weighted by Crippen LogP contribution is 2.19. The van der Waals surface area contributed by atoms with E-state index < -0.39 is 0 Å². The van der Waals surface area contributed by atoms with E-state index in [2.05, 4.69) is 56.6 Å². The summed E-state index contributed by atoms with van der Waals surface area (Å²) in [5, 5.41) is 7.09. The molecule has 2 heterocycles. The van der Waals surface area contributed by atoms with Crippen LogP contribution in [0.2, 0.25) is 0 Å². The van der Waals surface area contributed by atoms with Gasteiger partial charge >= 0.3 is 0 Å². The van der Waals surface area contributed by atoms with Crippen LogP contribution in [-0.2, 0) is 17.9 Å². The molecule has 1 aromatic rings. The number of likely N-dealkylation sites (tertiary alicyclic amines) is 2. The van der Waals surface area contributed by atoms with Crippen LogP contribution in [0.25, 0.3) is 0 Å². The monoisotopic (exact) mass is 570 g/mol. The van der Waals surface area contributed by atoms with Gasteiger partial charge in [-0.2, -0.15) is 0 Å². The van der Waals surface area contributed by atoms with Gasteiger partial charge in [-0.15, -0.1) is 24.0 Å². The number of primary amides is 1. The van der Waals surface area contributed by atoms with Gasteiger partial charge in [-0.05, 0) is 56.3 Å². The Morgan fingerprint density at radius 1 is 1.15 bits per heavy atom. The summed E-state index contributed by atoms with van der Waals surface area (Å²) in [6.45, 7) is 9.23. The number of amides is 1. The lowest BCUT2D eigenvalue weighted by Crippen LogP contribution is -2.48. The number of piperidine rings is 2. The van der Waals surface area contributed by atoms with Crippen molar-refractivity contribution in [1.29, 1.82) is 0 Å². The molecule has 0 saturated carbocycles. The molecule has 0 aliphatic carbocycles. The lowest BCUT2D eigenvalue weighted by Gasteiger charge is -2.33. The quantitative estimate of drug-likeness (QED) is 0.242. The number of carbonyl (C=O) groups excluding carboxylic acids is 1. The van der Waals surface area contributed by atoms with Crippen LogP contribution in [0.3, 0.4) is 0 Å². The molecule has 0 spiro atoms. The number of aliphatic imine (C=N–C) groups is 1. The Morgan fingerprint density at radius 2 is 1.91 bits per heavy atom. The smallest absolute Gasteiger partial charge is 0.221 e. The largest absolute Gasteiger partial charge is 0.369 e. The summed E-state index contributed by atoms with van der Waals surface area (Å²) < 4.78 is 0. The second-order valence-corrected chi connectivity index (χ2v) is 9.34. The van der Waals surface area contributed by atoms with Crippen LogP contribution in [0.1, 0.15) is 56.6 Å². The molecule has 33 heavy (non-hydrogen) atoms. The fourth-order valence-corrected chi connectivity index (χ4v) is 4.78. The predicted octanol–water partition coefficient (Wildman–Crippen LogP) is 2.93. The Kier molecular flexibility index (Phi) is 12.5.